The summed E-state index contributed by atoms with van der Waals surface area (Å²) in [5.74, 6) is 2.61. The van der Waals surface area contributed by atoms with Gasteiger partial charge in [0.1, 0.15) is 11.9 Å². The molecule has 0 aromatic carbocycles. The standard InChI is InChI=1S/C20H33N5O2S/c1-2-25-18(21-22-20(25)28-14-12-23-9-3-4-10-23)16-7-5-11-24(15-16)19(26)17-8-6-13-27-17/h16-17H,2-15H2,1H3/p+1/t16-,17-/m0/s1. The van der Waals surface area contributed by atoms with Crippen LogP contribution in [0.2, 0.25) is 0 Å². The first kappa shape index (κ1) is 20.2. The number of aromatic nitrogens is 3. The third-order valence-corrected chi connectivity index (χ3v) is 7.33. The maximum Gasteiger partial charge on any atom is 0.251 e. The summed E-state index contributed by atoms with van der Waals surface area (Å²) < 4.78 is 7.89. The Morgan fingerprint density at radius 1 is 1.21 bits per heavy atom. The van der Waals surface area contributed by atoms with E-state index < -0.39 is 0 Å². The molecule has 1 amide bonds. The molecule has 3 fully saturated rings. The zero-order chi connectivity index (χ0) is 19.3. The third kappa shape index (κ3) is 4.54. The summed E-state index contributed by atoms with van der Waals surface area (Å²) >= 11 is 1.84. The number of hydrogen-bond acceptors (Lipinski definition) is 5. The monoisotopic (exact) mass is 408 g/mol. The van der Waals surface area contributed by atoms with Crippen LogP contribution in [0.4, 0.5) is 0 Å². The molecule has 8 heteroatoms. The van der Waals surface area contributed by atoms with E-state index in [0.717, 1.165) is 68.7 Å². The summed E-state index contributed by atoms with van der Waals surface area (Å²) in [5.41, 5.74) is 0. The van der Waals surface area contributed by atoms with Gasteiger partial charge in [-0.1, -0.05) is 11.8 Å². The fourth-order valence-electron chi connectivity index (χ4n) is 4.78. The van der Waals surface area contributed by atoms with Gasteiger partial charge in [-0.15, -0.1) is 10.2 Å². The van der Waals surface area contributed by atoms with E-state index in [-0.39, 0.29) is 17.9 Å². The molecule has 3 aliphatic heterocycles. The van der Waals surface area contributed by atoms with Gasteiger partial charge in [-0.3, -0.25) is 4.79 Å². The Balaban J connectivity index is 1.37. The van der Waals surface area contributed by atoms with Crippen LogP contribution < -0.4 is 4.90 Å². The van der Waals surface area contributed by atoms with Crippen molar-refractivity contribution in [3.63, 3.8) is 0 Å². The Hall–Kier alpha value is -1.12. The maximum absolute atomic E-state index is 12.8. The van der Waals surface area contributed by atoms with Crippen molar-refractivity contribution in [2.24, 2.45) is 0 Å². The number of nitrogens with one attached hydrogen (secondary N) is 1. The van der Waals surface area contributed by atoms with Crippen molar-refractivity contribution < 1.29 is 14.4 Å². The molecule has 156 valence electrons. The second kappa shape index (κ2) is 9.59. The molecule has 28 heavy (non-hydrogen) atoms. The SMILES string of the molecule is CCn1c(SCC[NH+]2CCCC2)nnc1[C@H]1CCCN(C(=O)[C@@H]2CCCO2)C1. The molecule has 4 heterocycles. The van der Waals surface area contributed by atoms with Gasteiger partial charge in [-0.2, -0.15) is 0 Å². The molecule has 1 N–H and O–H groups in total. The molecular formula is C20H34N5O2S+. The number of nitrogens with zero attached hydrogens (tertiary/aromatic N) is 4. The number of hydrogen-bond donors (Lipinski definition) is 1. The molecule has 2 atom stereocenters. The molecule has 3 aliphatic rings. The third-order valence-electron chi connectivity index (χ3n) is 6.36. The molecule has 0 radical (unpaired) electrons. The van der Waals surface area contributed by atoms with Crippen molar-refractivity contribution in [2.45, 2.75) is 69.2 Å². The number of likely N-dealkylation sites (tertiary alicyclic amines) is 2. The molecule has 1 aromatic rings. The highest BCUT2D eigenvalue weighted by Crippen LogP contribution is 2.29. The zero-order valence-electron chi connectivity index (χ0n) is 17.1. The van der Waals surface area contributed by atoms with Crippen molar-refractivity contribution in [2.75, 3.05) is 45.1 Å². The highest BCUT2D eigenvalue weighted by atomic mass is 32.2. The van der Waals surface area contributed by atoms with Gasteiger partial charge in [0.2, 0.25) is 0 Å². The van der Waals surface area contributed by atoms with E-state index in [9.17, 15) is 4.79 Å². The van der Waals surface area contributed by atoms with E-state index >= 15 is 0 Å². The Bertz CT molecular complexity index is 655. The lowest BCUT2D eigenvalue weighted by atomic mass is 9.96. The highest BCUT2D eigenvalue weighted by molar-refractivity contribution is 7.99. The van der Waals surface area contributed by atoms with Gasteiger partial charge in [0, 0.05) is 45.0 Å². The van der Waals surface area contributed by atoms with Crippen LogP contribution in [-0.2, 0) is 16.1 Å². The first-order chi connectivity index (χ1) is 13.8. The quantitative estimate of drug-likeness (QED) is 0.681. The van der Waals surface area contributed by atoms with Gasteiger partial charge in [0.15, 0.2) is 5.16 Å². The molecule has 3 saturated heterocycles. The minimum absolute atomic E-state index is 0.174. The van der Waals surface area contributed by atoms with E-state index in [1.54, 1.807) is 4.90 Å². The van der Waals surface area contributed by atoms with Crippen LogP contribution in [0, 0.1) is 0 Å². The summed E-state index contributed by atoms with van der Waals surface area (Å²) in [6.07, 6.45) is 6.50. The zero-order valence-corrected chi connectivity index (χ0v) is 17.9. The normalized spacial score (nSPS) is 26.2. The van der Waals surface area contributed by atoms with Crippen LogP contribution in [0.25, 0.3) is 0 Å². The van der Waals surface area contributed by atoms with Crippen molar-refractivity contribution in [3.05, 3.63) is 5.82 Å². The van der Waals surface area contributed by atoms with Gasteiger partial charge in [0.25, 0.3) is 5.91 Å². The Kier molecular flexibility index (Phi) is 6.90. The number of carbonyl (C=O) groups excluding carboxylic acids is 1. The molecule has 0 bridgehead atoms. The number of amides is 1. The van der Waals surface area contributed by atoms with Gasteiger partial charge in [-0.05, 0) is 32.6 Å². The van der Waals surface area contributed by atoms with Crippen LogP contribution in [0.1, 0.15) is 57.2 Å². The number of quaternary nitrogens is 1. The van der Waals surface area contributed by atoms with E-state index in [1.165, 1.54) is 32.5 Å². The number of ether oxygens (including phenoxy) is 1. The average Bonchev–Trinajstić information content (AvgIpc) is 3.49. The predicted octanol–water partition coefficient (Wildman–Crippen LogP) is 0.954. The van der Waals surface area contributed by atoms with Crippen LogP contribution in [0.3, 0.4) is 0 Å². The van der Waals surface area contributed by atoms with Crippen LogP contribution in [0.5, 0.6) is 0 Å². The highest BCUT2D eigenvalue weighted by Gasteiger charge is 2.33. The molecule has 1 aromatic heterocycles. The predicted molar refractivity (Wildman–Crippen MR) is 109 cm³/mol. The van der Waals surface area contributed by atoms with Gasteiger partial charge in [0.05, 0.1) is 25.4 Å². The Morgan fingerprint density at radius 2 is 2.07 bits per heavy atom. The fraction of sp³-hybridized carbons (Fsp3) is 0.850. The Labute approximate surface area is 172 Å². The number of carbonyl (C=O) groups is 1. The summed E-state index contributed by atoms with van der Waals surface area (Å²) in [6, 6.07) is 0. The van der Waals surface area contributed by atoms with Gasteiger partial charge < -0.3 is 19.1 Å². The molecule has 7 nitrogen and oxygen atoms in total. The molecule has 0 saturated carbocycles. The first-order valence-corrected chi connectivity index (χ1v) is 12.0. The van der Waals surface area contributed by atoms with Gasteiger partial charge >= 0.3 is 0 Å². The van der Waals surface area contributed by atoms with Crippen LogP contribution in [-0.4, -0.2) is 76.8 Å². The molecule has 0 aliphatic carbocycles. The van der Waals surface area contributed by atoms with E-state index in [1.807, 2.05) is 16.7 Å². The van der Waals surface area contributed by atoms with E-state index in [4.69, 9.17) is 4.74 Å². The molecule has 4 rings (SSSR count). The molecule has 0 unspecified atom stereocenters. The van der Waals surface area contributed by atoms with Gasteiger partial charge in [-0.25, -0.2) is 0 Å². The summed E-state index contributed by atoms with van der Waals surface area (Å²) in [6.45, 7) is 9.22. The fourth-order valence-corrected chi connectivity index (χ4v) is 5.83. The second-order valence-corrected chi connectivity index (χ2v) is 9.33. The molecule has 0 spiro atoms. The van der Waals surface area contributed by atoms with Crippen molar-refractivity contribution >= 4 is 17.7 Å². The topological polar surface area (TPSA) is 64.7 Å². The van der Waals surface area contributed by atoms with Crippen LogP contribution >= 0.6 is 11.8 Å². The Morgan fingerprint density at radius 3 is 2.82 bits per heavy atom. The lowest BCUT2D eigenvalue weighted by Gasteiger charge is -2.33. The average molecular weight is 409 g/mol. The minimum atomic E-state index is -0.220. The lowest BCUT2D eigenvalue weighted by molar-refractivity contribution is -0.884. The van der Waals surface area contributed by atoms with Crippen molar-refractivity contribution in [1.82, 2.24) is 19.7 Å². The summed E-state index contributed by atoms with van der Waals surface area (Å²) in [4.78, 5) is 16.5. The van der Waals surface area contributed by atoms with Crippen molar-refractivity contribution in [1.29, 1.82) is 0 Å². The molecular weight excluding hydrogens is 374 g/mol. The minimum Gasteiger partial charge on any atom is -0.368 e. The summed E-state index contributed by atoms with van der Waals surface area (Å²) in [5, 5.41) is 10.1. The van der Waals surface area contributed by atoms with Crippen molar-refractivity contribution in [3.8, 4) is 0 Å². The van der Waals surface area contributed by atoms with E-state index in [2.05, 4.69) is 21.7 Å². The smallest absolute Gasteiger partial charge is 0.251 e. The van der Waals surface area contributed by atoms with E-state index in [0.29, 0.717) is 0 Å². The summed E-state index contributed by atoms with van der Waals surface area (Å²) in [7, 11) is 0. The number of rotatable bonds is 7. The van der Waals surface area contributed by atoms with Crippen LogP contribution in [0.15, 0.2) is 5.16 Å². The maximum atomic E-state index is 12.8. The number of thioether (sulfide) groups is 1. The largest absolute Gasteiger partial charge is 0.368 e. The number of piperidine rings is 1. The first-order valence-electron chi connectivity index (χ1n) is 11.1. The lowest BCUT2D eigenvalue weighted by Crippen LogP contribution is -3.10. The second-order valence-electron chi connectivity index (χ2n) is 8.27.